The summed E-state index contributed by atoms with van der Waals surface area (Å²) in [4.78, 5) is 7.44. The van der Waals surface area contributed by atoms with Crippen molar-refractivity contribution in [3.05, 3.63) is 76.8 Å². The van der Waals surface area contributed by atoms with Gasteiger partial charge in [-0.15, -0.1) is 11.3 Å². The Labute approximate surface area is 221 Å². The van der Waals surface area contributed by atoms with Crippen molar-refractivity contribution < 1.29 is 22.3 Å². The molecule has 1 saturated heterocycles. The number of rotatable bonds is 9. The standard InChI is InChI=1S/C24H23ClFN5O4S2/c25-18-9-21(37(33,34)31-23-28-6-8-36-23)19(26)10-20(18)29-14-24(12-17(32)13-30-24)11-15-1-3-16(4-2-15)22-27-5-7-35-22/h1-10,17,29-30,32H,11-14H2,(H,28,31)/t17-,24-/m0/s1. The summed E-state index contributed by atoms with van der Waals surface area (Å²) in [6.45, 7) is 0.728. The van der Waals surface area contributed by atoms with Crippen LogP contribution in [0.3, 0.4) is 0 Å². The summed E-state index contributed by atoms with van der Waals surface area (Å²) in [6, 6.07) is 9.89. The maximum Gasteiger partial charge on any atom is 0.266 e. The lowest BCUT2D eigenvalue weighted by Gasteiger charge is -2.31. The fourth-order valence-corrected chi connectivity index (χ4v) is 6.53. The number of nitrogens with one attached hydrogen (secondary N) is 3. The monoisotopic (exact) mass is 563 g/mol. The average Bonchev–Trinajstić information content (AvgIpc) is 3.63. The summed E-state index contributed by atoms with van der Waals surface area (Å²) in [5.74, 6) is -0.423. The Balaban J connectivity index is 1.32. The largest absolute Gasteiger partial charge is 0.445 e. The Morgan fingerprint density at radius 3 is 2.70 bits per heavy atom. The smallest absolute Gasteiger partial charge is 0.266 e. The summed E-state index contributed by atoms with van der Waals surface area (Å²) in [5, 5.41) is 18.6. The molecule has 4 aromatic rings. The minimum atomic E-state index is -4.21. The zero-order valence-corrected chi connectivity index (χ0v) is 21.7. The van der Waals surface area contributed by atoms with Crippen LogP contribution in [0.2, 0.25) is 5.02 Å². The number of halogens is 2. The number of β-amino-alcohol motifs (C(OH)–C–C–N with tert-alkyl or cyclic N) is 1. The quantitative estimate of drug-likeness (QED) is 0.239. The molecule has 13 heteroatoms. The van der Waals surface area contributed by atoms with Crippen LogP contribution in [-0.2, 0) is 16.4 Å². The zero-order valence-electron chi connectivity index (χ0n) is 19.3. The van der Waals surface area contributed by atoms with Gasteiger partial charge in [0, 0.05) is 35.8 Å². The summed E-state index contributed by atoms with van der Waals surface area (Å²) in [5.41, 5.74) is 1.57. The van der Waals surface area contributed by atoms with Crippen LogP contribution >= 0.6 is 22.9 Å². The minimum Gasteiger partial charge on any atom is -0.445 e. The van der Waals surface area contributed by atoms with E-state index >= 15 is 0 Å². The molecule has 9 nitrogen and oxygen atoms in total. The maximum atomic E-state index is 14.9. The third-order valence-electron chi connectivity index (χ3n) is 6.10. The first-order valence-corrected chi connectivity index (χ1v) is 14.0. The highest BCUT2D eigenvalue weighted by Crippen LogP contribution is 2.32. The number of hydrogen-bond donors (Lipinski definition) is 4. The van der Waals surface area contributed by atoms with Crippen LogP contribution in [0.15, 0.2) is 69.7 Å². The van der Waals surface area contributed by atoms with Crippen LogP contribution in [0.1, 0.15) is 12.0 Å². The molecule has 1 aliphatic heterocycles. The van der Waals surface area contributed by atoms with E-state index in [4.69, 9.17) is 16.0 Å². The molecule has 2 aromatic carbocycles. The van der Waals surface area contributed by atoms with E-state index in [-0.39, 0.29) is 15.8 Å². The van der Waals surface area contributed by atoms with Crippen LogP contribution in [0, 0.1) is 5.82 Å². The molecule has 37 heavy (non-hydrogen) atoms. The van der Waals surface area contributed by atoms with Gasteiger partial charge in [-0.1, -0.05) is 23.7 Å². The van der Waals surface area contributed by atoms with Crippen molar-refractivity contribution in [1.29, 1.82) is 0 Å². The van der Waals surface area contributed by atoms with Crippen LogP contribution in [0.25, 0.3) is 11.5 Å². The van der Waals surface area contributed by atoms with E-state index in [2.05, 4.69) is 25.3 Å². The number of anilines is 2. The highest BCUT2D eigenvalue weighted by molar-refractivity contribution is 7.93. The molecule has 3 heterocycles. The maximum absolute atomic E-state index is 14.9. The van der Waals surface area contributed by atoms with Crippen molar-refractivity contribution in [3.63, 3.8) is 0 Å². The van der Waals surface area contributed by atoms with E-state index in [0.717, 1.165) is 34.6 Å². The number of benzene rings is 2. The summed E-state index contributed by atoms with van der Waals surface area (Å²) < 4.78 is 47.7. The second-order valence-electron chi connectivity index (χ2n) is 8.79. The highest BCUT2D eigenvalue weighted by Gasteiger charge is 2.38. The Morgan fingerprint density at radius 1 is 1.24 bits per heavy atom. The molecule has 5 rings (SSSR count). The molecule has 1 fully saturated rings. The van der Waals surface area contributed by atoms with Gasteiger partial charge in [-0.05, 0) is 42.7 Å². The SMILES string of the molecule is O=S(=O)(Nc1nccs1)c1cc(Cl)c(NC[C@]2(Cc3ccc(-c4ncco4)cc3)C[C@H](O)CN2)cc1F. The van der Waals surface area contributed by atoms with Gasteiger partial charge in [-0.3, -0.25) is 4.72 Å². The number of aliphatic hydroxyl groups excluding tert-OH is 1. The molecule has 0 amide bonds. The van der Waals surface area contributed by atoms with Gasteiger partial charge >= 0.3 is 0 Å². The molecule has 0 bridgehead atoms. The normalized spacial score (nSPS) is 19.7. The molecule has 0 unspecified atom stereocenters. The van der Waals surface area contributed by atoms with E-state index < -0.39 is 32.4 Å². The number of thiazole rings is 1. The predicted molar refractivity (Wildman–Crippen MR) is 140 cm³/mol. The van der Waals surface area contributed by atoms with Gasteiger partial charge < -0.3 is 20.2 Å². The van der Waals surface area contributed by atoms with Crippen molar-refractivity contribution >= 4 is 43.8 Å². The predicted octanol–water partition coefficient (Wildman–Crippen LogP) is 4.14. The molecule has 0 spiro atoms. The van der Waals surface area contributed by atoms with E-state index in [1.54, 1.807) is 11.6 Å². The topological polar surface area (TPSA) is 129 Å². The van der Waals surface area contributed by atoms with Crippen LogP contribution in [0.4, 0.5) is 15.2 Å². The van der Waals surface area contributed by atoms with Crippen molar-refractivity contribution in [2.24, 2.45) is 0 Å². The van der Waals surface area contributed by atoms with Crippen LogP contribution in [0.5, 0.6) is 0 Å². The van der Waals surface area contributed by atoms with Crippen molar-refractivity contribution in [3.8, 4) is 11.5 Å². The fourth-order valence-electron chi connectivity index (χ4n) is 4.36. The molecule has 0 radical (unpaired) electrons. The average molecular weight is 564 g/mol. The molecule has 0 saturated carbocycles. The van der Waals surface area contributed by atoms with E-state index in [0.29, 0.717) is 31.8 Å². The minimum absolute atomic E-state index is 0.0462. The van der Waals surface area contributed by atoms with Gasteiger partial charge in [0.15, 0.2) is 5.13 Å². The number of oxazole rings is 1. The Kier molecular flexibility index (Phi) is 7.19. The summed E-state index contributed by atoms with van der Waals surface area (Å²) in [7, 11) is -4.21. The third kappa shape index (κ3) is 5.78. The van der Waals surface area contributed by atoms with Gasteiger partial charge in [-0.2, -0.15) is 0 Å². The number of sulfonamides is 1. The Morgan fingerprint density at radius 2 is 2.05 bits per heavy atom. The van der Waals surface area contributed by atoms with Crippen molar-refractivity contribution in [2.75, 3.05) is 23.1 Å². The first kappa shape index (κ1) is 25.6. The third-order valence-corrected chi connectivity index (χ3v) is 8.58. The molecule has 4 N–H and O–H groups in total. The second-order valence-corrected chi connectivity index (χ2v) is 11.7. The van der Waals surface area contributed by atoms with Gasteiger partial charge in [0.05, 0.1) is 23.0 Å². The molecule has 2 atom stereocenters. The molecule has 1 aliphatic rings. The molecule has 2 aromatic heterocycles. The Hall–Kier alpha value is -3.03. The van der Waals surface area contributed by atoms with E-state index in [1.807, 2.05) is 24.3 Å². The first-order chi connectivity index (χ1) is 17.7. The lowest BCUT2D eigenvalue weighted by Crippen LogP contribution is -2.48. The van der Waals surface area contributed by atoms with E-state index in [1.165, 1.54) is 12.5 Å². The molecule has 194 valence electrons. The van der Waals surface area contributed by atoms with Crippen LogP contribution in [-0.4, -0.2) is 48.2 Å². The Bertz CT molecular complexity index is 1470. The molecular weight excluding hydrogens is 541 g/mol. The lowest BCUT2D eigenvalue weighted by atomic mass is 9.88. The lowest BCUT2D eigenvalue weighted by molar-refractivity contribution is 0.185. The van der Waals surface area contributed by atoms with Gasteiger partial charge in [0.2, 0.25) is 5.89 Å². The van der Waals surface area contributed by atoms with Gasteiger partial charge in [-0.25, -0.2) is 22.8 Å². The van der Waals surface area contributed by atoms with E-state index in [9.17, 15) is 17.9 Å². The van der Waals surface area contributed by atoms with Gasteiger partial charge in [0.1, 0.15) is 17.0 Å². The number of aromatic nitrogens is 2. The first-order valence-electron chi connectivity index (χ1n) is 11.3. The molecule has 0 aliphatic carbocycles. The number of nitrogens with zero attached hydrogens (tertiary/aromatic N) is 2. The second kappa shape index (κ2) is 10.4. The van der Waals surface area contributed by atoms with Crippen molar-refractivity contribution in [2.45, 2.75) is 29.4 Å². The summed E-state index contributed by atoms with van der Waals surface area (Å²) >= 11 is 7.43. The summed E-state index contributed by atoms with van der Waals surface area (Å²) in [6.07, 6.45) is 5.04. The van der Waals surface area contributed by atoms with Crippen LogP contribution < -0.4 is 15.4 Å². The highest BCUT2D eigenvalue weighted by atomic mass is 35.5. The fraction of sp³-hybridized carbons (Fsp3) is 0.250. The number of aliphatic hydroxyl groups is 1. The zero-order chi connectivity index (χ0) is 26.0. The van der Waals surface area contributed by atoms with Crippen molar-refractivity contribution in [1.82, 2.24) is 15.3 Å². The van der Waals surface area contributed by atoms with Gasteiger partial charge in [0.25, 0.3) is 10.0 Å². The number of hydrogen-bond acceptors (Lipinski definition) is 9. The molecular formula is C24H23ClFN5O4S2.